The molecule has 0 radical (unpaired) electrons. The summed E-state index contributed by atoms with van der Waals surface area (Å²) in [6, 6.07) is 4.45. The Balaban J connectivity index is 1.68. The topological polar surface area (TPSA) is 71.2 Å². The maximum absolute atomic E-state index is 11.4. The molecular formula is C15H22N4O. The maximum Gasteiger partial charge on any atom is 0.220 e. The Kier molecular flexibility index (Phi) is 3.61. The number of piperidine rings is 2. The highest BCUT2D eigenvalue weighted by Crippen LogP contribution is 2.28. The molecule has 2 aliphatic heterocycles. The van der Waals surface area contributed by atoms with Crippen LogP contribution in [-0.4, -0.2) is 30.0 Å². The van der Waals surface area contributed by atoms with E-state index in [0.717, 1.165) is 37.3 Å². The van der Waals surface area contributed by atoms with Crippen LogP contribution in [-0.2, 0) is 4.79 Å². The molecule has 0 aliphatic carbocycles. The summed E-state index contributed by atoms with van der Waals surface area (Å²) in [6.07, 6.45) is 4.60. The van der Waals surface area contributed by atoms with E-state index >= 15 is 0 Å². The van der Waals surface area contributed by atoms with Crippen LogP contribution >= 0.6 is 0 Å². The molecule has 0 bridgehead atoms. The average molecular weight is 274 g/mol. The molecule has 20 heavy (non-hydrogen) atoms. The summed E-state index contributed by atoms with van der Waals surface area (Å²) >= 11 is 0. The van der Waals surface area contributed by atoms with Gasteiger partial charge < -0.3 is 16.0 Å². The van der Waals surface area contributed by atoms with E-state index in [4.69, 9.17) is 5.73 Å². The summed E-state index contributed by atoms with van der Waals surface area (Å²) in [5.41, 5.74) is 7.91. The van der Waals surface area contributed by atoms with Crippen molar-refractivity contribution in [3.05, 3.63) is 24.0 Å². The van der Waals surface area contributed by atoms with Crippen molar-refractivity contribution in [3.63, 3.8) is 0 Å². The SMILES string of the molecule is C[C@@H](N)c1ccc(N2CCC3NC(=O)CCC3C2)cn1. The van der Waals surface area contributed by atoms with E-state index in [2.05, 4.69) is 21.3 Å². The first-order valence-corrected chi connectivity index (χ1v) is 7.39. The minimum atomic E-state index is -0.0247. The number of carbonyl (C=O) groups excluding carboxylic acids is 1. The van der Waals surface area contributed by atoms with E-state index in [0.29, 0.717) is 18.4 Å². The molecule has 3 heterocycles. The minimum absolute atomic E-state index is 0.0247. The molecule has 3 N–H and O–H groups in total. The van der Waals surface area contributed by atoms with Crippen molar-refractivity contribution in [1.82, 2.24) is 10.3 Å². The Labute approximate surface area is 119 Å². The van der Waals surface area contributed by atoms with E-state index < -0.39 is 0 Å². The summed E-state index contributed by atoms with van der Waals surface area (Å²) in [6.45, 7) is 3.92. The standard InChI is InChI=1S/C15H22N4O/c1-10(16)13-4-3-12(8-17-13)19-7-6-14-11(9-19)2-5-15(20)18-14/h3-4,8,10-11,14H,2,5-7,9,16H2,1H3,(H,18,20)/t10-,11?,14?/m1/s1. The highest BCUT2D eigenvalue weighted by Gasteiger charge is 2.33. The number of pyridine rings is 1. The molecule has 0 spiro atoms. The molecule has 108 valence electrons. The van der Waals surface area contributed by atoms with Crippen LogP contribution in [0, 0.1) is 5.92 Å². The van der Waals surface area contributed by atoms with Crippen molar-refractivity contribution in [2.45, 2.75) is 38.3 Å². The van der Waals surface area contributed by atoms with Gasteiger partial charge in [0.05, 0.1) is 17.6 Å². The molecule has 3 rings (SSSR count). The number of amides is 1. The van der Waals surface area contributed by atoms with Crippen LogP contribution < -0.4 is 16.0 Å². The molecule has 5 heteroatoms. The van der Waals surface area contributed by atoms with Gasteiger partial charge in [-0.3, -0.25) is 9.78 Å². The third-order valence-electron chi connectivity index (χ3n) is 4.42. The Bertz CT molecular complexity index is 485. The molecule has 1 amide bonds. The van der Waals surface area contributed by atoms with Crippen molar-refractivity contribution in [2.24, 2.45) is 11.7 Å². The second kappa shape index (κ2) is 5.40. The fraction of sp³-hybridized carbons (Fsp3) is 0.600. The van der Waals surface area contributed by atoms with Gasteiger partial charge >= 0.3 is 0 Å². The van der Waals surface area contributed by atoms with Gasteiger partial charge in [0.1, 0.15) is 0 Å². The fourth-order valence-corrected chi connectivity index (χ4v) is 3.20. The Hall–Kier alpha value is -1.62. The van der Waals surface area contributed by atoms with Crippen LogP contribution in [0.4, 0.5) is 5.69 Å². The van der Waals surface area contributed by atoms with Crippen LogP contribution in [0.15, 0.2) is 18.3 Å². The second-order valence-corrected chi connectivity index (χ2v) is 5.94. The van der Waals surface area contributed by atoms with Crippen LogP contribution in [0.1, 0.15) is 37.9 Å². The van der Waals surface area contributed by atoms with Crippen molar-refractivity contribution in [1.29, 1.82) is 0 Å². The van der Waals surface area contributed by atoms with Gasteiger partial charge in [0.2, 0.25) is 5.91 Å². The van der Waals surface area contributed by atoms with Gasteiger partial charge in [-0.05, 0) is 37.8 Å². The lowest BCUT2D eigenvalue weighted by atomic mass is 9.85. The molecule has 2 saturated heterocycles. The average Bonchev–Trinajstić information content (AvgIpc) is 2.47. The Morgan fingerprint density at radius 1 is 1.45 bits per heavy atom. The zero-order valence-corrected chi connectivity index (χ0v) is 11.9. The van der Waals surface area contributed by atoms with Gasteiger partial charge in [-0.1, -0.05) is 0 Å². The lowest BCUT2D eigenvalue weighted by Gasteiger charge is -2.42. The van der Waals surface area contributed by atoms with Crippen LogP contribution in [0.3, 0.4) is 0 Å². The fourth-order valence-electron chi connectivity index (χ4n) is 3.20. The lowest BCUT2D eigenvalue weighted by Crippen LogP contribution is -2.54. The Morgan fingerprint density at radius 3 is 3.00 bits per heavy atom. The van der Waals surface area contributed by atoms with E-state index in [1.165, 1.54) is 0 Å². The van der Waals surface area contributed by atoms with Crippen LogP contribution in [0.25, 0.3) is 0 Å². The molecule has 2 aliphatic rings. The number of aromatic nitrogens is 1. The van der Waals surface area contributed by atoms with Crippen LogP contribution in [0.5, 0.6) is 0 Å². The number of rotatable bonds is 2. The van der Waals surface area contributed by atoms with Gasteiger partial charge in [-0.25, -0.2) is 0 Å². The minimum Gasteiger partial charge on any atom is -0.370 e. The first kappa shape index (κ1) is 13.4. The molecule has 1 aromatic rings. The number of carbonyl (C=O) groups is 1. The number of fused-ring (bicyclic) bond motifs is 1. The van der Waals surface area contributed by atoms with Gasteiger partial charge in [0, 0.05) is 31.6 Å². The third kappa shape index (κ3) is 2.63. The second-order valence-electron chi connectivity index (χ2n) is 5.94. The van der Waals surface area contributed by atoms with Gasteiger partial charge in [0.15, 0.2) is 0 Å². The summed E-state index contributed by atoms with van der Waals surface area (Å²) in [5, 5.41) is 3.12. The van der Waals surface area contributed by atoms with E-state index in [-0.39, 0.29) is 11.9 Å². The van der Waals surface area contributed by atoms with Crippen LogP contribution in [0.2, 0.25) is 0 Å². The molecule has 2 unspecified atom stereocenters. The molecule has 2 fully saturated rings. The molecule has 3 atom stereocenters. The van der Waals surface area contributed by atoms with Gasteiger partial charge in [-0.2, -0.15) is 0 Å². The van der Waals surface area contributed by atoms with E-state index in [1.54, 1.807) is 0 Å². The van der Waals surface area contributed by atoms with E-state index in [9.17, 15) is 4.79 Å². The van der Waals surface area contributed by atoms with Gasteiger partial charge in [-0.15, -0.1) is 0 Å². The maximum atomic E-state index is 11.4. The number of hydrogen-bond donors (Lipinski definition) is 2. The Morgan fingerprint density at radius 2 is 2.30 bits per heavy atom. The predicted molar refractivity (Wildman–Crippen MR) is 78.3 cm³/mol. The number of nitrogens with zero attached hydrogens (tertiary/aromatic N) is 2. The monoisotopic (exact) mass is 274 g/mol. The third-order valence-corrected chi connectivity index (χ3v) is 4.42. The first-order valence-electron chi connectivity index (χ1n) is 7.39. The highest BCUT2D eigenvalue weighted by atomic mass is 16.1. The quantitative estimate of drug-likeness (QED) is 0.850. The summed E-state index contributed by atoms with van der Waals surface area (Å²) in [4.78, 5) is 18.2. The summed E-state index contributed by atoms with van der Waals surface area (Å²) in [7, 11) is 0. The zero-order chi connectivity index (χ0) is 14.1. The van der Waals surface area contributed by atoms with Crippen molar-refractivity contribution in [2.75, 3.05) is 18.0 Å². The van der Waals surface area contributed by atoms with Crippen molar-refractivity contribution < 1.29 is 4.79 Å². The zero-order valence-electron chi connectivity index (χ0n) is 11.9. The largest absolute Gasteiger partial charge is 0.370 e. The van der Waals surface area contributed by atoms with Crippen molar-refractivity contribution >= 4 is 11.6 Å². The molecule has 1 aromatic heterocycles. The van der Waals surface area contributed by atoms with Crippen molar-refractivity contribution in [3.8, 4) is 0 Å². The number of nitrogens with two attached hydrogens (primary N) is 1. The molecule has 0 aromatic carbocycles. The normalized spacial score (nSPS) is 27.7. The smallest absolute Gasteiger partial charge is 0.220 e. The van der Waals surface area contributed by atoms with Gasteiger partial charge in [0.25, 0.3) is 0 Å². The molecule has 0 saturated carbocycles. The summed E-state index contributed by atoms with van der Waals surface area (Å²) < 4.78 is 0. The molecular weight excluding hydrogens is 252 g/mol. The highest BCUT2D eigenvalue weighted by molar-refractivity contribution is 5.77. The van der Waals surface area contributed by atoms with E-state index in [1.807, 2.05) is 19.2 Å². The summed E-state index contributed by atoms with van der Waals surface area (Å²) in [5.74, 6) is 0.775. The first-order chi connectivity index (χ1) is 9.63. The number of nitrogens with one attached hydrogen (secondary N) is 1. The predicted octanol–water partition coefficient (Wildman–Crippen LogP) is 1.21. The number of anilines is 1. The number of hydrogen-bond acceptors (Lipinski definition) is 4. The lowest BCUT2D eigenvalue weighted by molar-refractivity contribution is -0.124. The molecule has 5 nitrogen and oxygen atoms in total.